The Labute approximate surface area is 124 Å². The molecule has 108 valence electrons. The topological polar surface area (TPSA) is 104 Å². The number of fused-ring (bicyclic) bond motifs is 1. The number of urea groups is 1. The molecule has 3 rings (SSSR count). The van der Waals surface area contributed by atoms with Gasteiger partial charge in [-0.2, -0.15) is 16.4 Å². The number of hydrogen-bond acceptors (Lipinski definition) is 4. The molecule has 0 saturated carbocycles. The highest BCUT2D eigenvalue weighted by Gasteiger charge is 2.27. The van der Waals surface area contributed by atoms with Gasteiger partial charge in [0, 0.05) is 11.6 Å². The zero-order valence-electron chi connectivity index (χ0n) is 11.0. The van der Waals surface area contributed by atoms with Crippen molar-refractivity contribution in [1.82, 2.24) is 15.1 Å². The summed E-state index contributed by atoms with van der Waals surface area (Å²) in [4.78, 5) is 24.5. The molecule has 21 heavy (non-hydrogen) atoms. The molecule has 3 heterocycles. The third-order valence-electron chi connectivity index (χ3n) is 3.17. The van der Waals surface area contributed by atoms with Crippen molar-refractivity contribution in [2.75, 3.05) is 5.32 Å². The quantitative estimate of drug-likeness (QED) is 0.749. The Balaban J connectivity index is 1.67. The van der Waals surface area contributed by atoms with Gasteiger partial charge in [0.2, 0.25) is 5.91 Å². The Morgan fingerprint density at radius 1 is 1.48 bits per heavy atom. The fraction of sp³-hybridized carbons (Fsp3) is 0.154. The van der Waals surface area contributed by atoms with Crippen LogP contribution in [0.4, 0.5) is 10.6 Å². The number of rotatable bonds is 3. The summed E-state index contributed by atoms with van der Waals surface area (Å²) in [7, 11) is 0. The number of nitrogens with zero attached hydrogens (tertiary/aromatic N) is 2. The van der Waals surface area contributed by atoms with Crippen LogP contribution in [0.15, 0.2) is 22.9 Å². The van der Waals surface area contributed by atoms with Crippen LogP contribution in [0.3, 0.4) is 0 Å². The lowest BCUT2D eigenvalue weighted by molar-refractivity contribution is -0.111. The summed E-state index contributed by atoms with van der Waals surface area (Å²) in [5, 5.41) is 13.4. The molecule has 0 unspecified atom stereocenters. The number of aromatic nitrogens is 2. The standard InChI is InChI=1S/C13H13N5O2S/c14-13(20)18-5-9-10(6-18)16-17-12(9)15-11(19)2-1-8-3-4-21-7-8/h1-4,7H,5-6H2,(H2,14,20)(H2,15,16,17,19). The first-order chi connectivity index (χ1) is 10.1. The Hall–Kier alpha value is -2.61. The highest BCUT2D eigenvalue weighted by atomic mass is 32.1. The fourth-order valence-electron chi connectivity index (χ4n) is 2.10. The average Bonchev–Trinajstić information content (AvgIpc) is 3.14. The number of nitrogens with two attached hydrogens (primary N) is 1. The van der Waals surface area contributed by atoms with E-state index in [1.165, 1.54) is 11.0 Å². The second kappa shape index (κ2) is 5.41. The number of H-pyrrole nitrogens is 1. The van der Waals surface area contributed by atoms with Gasteiger partial charge in [0.25, 0.3) is 0 Å². The number of aromatic amines is 1. The van der Waals surface area contributed by atoms with Crippen molar-refractivity contribution in [3.8, 4) is 0 Å². The summed E-state index contributed by atoms with van der Waals surface area (Å²) >= 11 is 1.57. The normalized spacial score (nSPS) is 13.6. The van der Waals surface area contributed by atoms with Crippen LogP contribution in [-0.4, -0.2) is 27.0 Å². The van der Waals surface area contributed by atoms with Gasteiger partial charge in [-0.3, -0.25) is 9.89 Å². The van der Waals surface area contributed by atoms with E-state index in [-0.39, 0.29) is 5.91 Å². The molecule has 0 spiro atoms. The van der Waals surface area contributed by atoms with Gasteiger partial charge in [-0.15, -0.1) is 0 Å². The van der Waals surface area contributed by atoms with Gasteiger partial charge in [-0.1, -0.05) is 0 Å². The van der Waals surface area contributed by atoms with Crippen LogP contribution in [0.2, 0.25) is 0 Å². The minimum absolute atomic E-state index is 0.270. The van der Waals surface area contributed by atoms with E-state index < -0.39 is 6.03 Å². The first-order valence-corrected chi connectivity index (χ1v) is 7.19. The molecule has 0 saturated heterocycles. The van der Waals surface area contributed by atoms with Crippen LogP contribution in [0, 0.1) is 0 Å². The van der Waals surface area contributed by atoms with Crippen molar-refractivity contribution in [3.05, 3.63) is 39.7 Å². The molecule has 1 aliphatic rings. The zero-order chi connectivity index (χ0) is 14.8. The molecule has 2 aromatic rings. The minimum atomic E-state index is -0.491. The number of hydrogen-bond donors (Lipinski definition) is 3. The number of thiophene rings is 1. The van der Waals surface area contributed by atoms with E-state index >= 15 is 0 Å². The number of carbonyl (C=O) groups excluding carboxylic acids is 2. The second-order valence-electron chi connectivity index (χ2n) is 4.60. The van der Waals surface area contributed by atoms with Gasteiger partial charge < -0.3 is 16.0 Å². The molecule has 7 nitrogen and oxygen atoms in total. The summed E-state index contributed by atoms with van der Waals surface area (Å²) in [6.45, 7) is 0.739. The van der Waals surface area contributed by atoms with Crippen LogP contribution >= 0.6 is 11.3 Å². The fourth-order valence-corrected chi connectivity index (χ4v) is 2.73. The van der Waals surface area contributed by atoms with Crippen LogP contribution in [0.25, 0.3) is 6.08 Å². The molecule has 4 N–H and O–H groups in total. The van der Waals surface area contributed by atoms with E-state index in [9.17, 15) is 9.59 Å². The molecule has 0 fully saturated rings. The second-order valence-corrected chi connectivity index (χ2v) is 5.38. The predicted octanol–water partition coefficient (Wildman–Crippen LogP) is 1.52. The Morgan fingerprint density at radius 3 is 3.05 bits per heavy atom. The van der Waals surface area contributed by atoms with Crippen molar-refractivity contribution < 1.29 is 9.59 Å². The average molecular weight is 303 g/mol. The largest absolute Gasteiger partial charge is 0.351 e. The molecule has 0 aliphatic carbocycles. The van der Waals surface area contributed by atoms with Gasteiger partial charge >= 0.3 is 6.03 Å². The molecule has 3 amide bonds. The predicted molar refractivity (Wildman–Crippen MR) is 79.4 cm³/mol. The molecule has 0 aromatic carbocycles. The van der Waals surface area contributed by atoms with Crippen LogP contribution in [0.5, 0.6) is 0 Å². The van der Waals surface area contributed by atoms with Gasteiger partial charge in [0.05, 0.1) is 18.8 Å². The van der Waals surface area contributed by atoms with Crippen LogP contribution in [-0.2, 0) is 17.9 Å². The Kier molecular flexibility index (Phi) is 3.44. The summed E-state index contributed by atoms with van der Waals surface area (Å²) in [6.07, 6.45) is 3.18. The summed E-state index contributed by atoms with van der Waals surface area (Å²) in [6, 6.07) is 1.43. The molecular formula is C13H13N5O2S. The van der Waals surface area contributed by atoms with E-state index in [0.29, 0.717) is 18.9 Å². The first-order valence-electron chi connectivity index (χ1n) is 6.25. The van der Waals surface area contributed by atoms with Crippen molar-refractivity contribution in [2.45, 2.75) is 13.1 Å². The van der Waals surface area contributed by atoms with Gasteiger partial charge in [-0.05, 0) is 28.5 Å². The summed E-state index contributed by atoms with van der Waals surface area (Å²) < 4.78 is 0. The minimum Gasteiger partial charge on any atom is -0.351 e. The maximum absolute atomic E-state index is 11.9. The summed E-state index contributed by atoms with van der Waals surface area (Å²) in [5.74, 6) is 0.168. The molecule has 0 radical (unpaired) electrons. The molecule has 0 bridgehead atoms. The zero-order valence-corrected chi connectivity index (χ0v) is 11.8. The molecular weight excluding hydrogens is 290 g/mol. The van der Waals surface area contributed by atoms with Gasteiger partial charge in [0.15, 0.2) is 5.82 Å². The van der Waals surface area contributed by atoms with E-state index in [4.69, 9.17) is 5.73 Å². The Morgan fingerprint density at radius 2 is 2.33 bits per heavy atom. The maximum Gasteiger partial charge on any atom is 0.315 e. The van der Waals surface area contributed by atoms with E-state index in [1.807, 2.05) is 16.8 Å². The van der Waals surface area contributed by atoms with Crippen molar-refractivity contribution in [2.24, 2.45) is 5.73 Å². The van der Waals surface area contributed by atoms with Gasteiger partial charge in [0.1, 0.15) is 0 Å². The van der Waals surface area contributed by atoms with Crippen molar-refractivity contribution >= 4 is 35.2 Å². The monoisotopic (exact) mass is 303 g/mol. The molecule has 0 atom stereocenters. The maximum atomic E-state index is 11.9. The SMILES string of the molecule is NC(=O)N1Cc2[nH]nc(NC(=O)C=Cc3ccsc3)c2C1. The van der Waals surface area contributed by atoms with Crippen molar-refractivity contribution in [3.63, 3.8) is 0 Å². The summed E-state index contributed by atoms with van der Waals surface area (Å²) in [5.41, 5.74) is 7.81. The van der Waals surface area contributed by atoms with E-state index in [2.05, 4.69) is 15.5 Å². The number of carbonyl (C=O) groups is 2. The lowest BCUT2D eigenvalue weighted by atomic mass is 10.2. The number of primary amides is 1. The van der Waals surface area contributed by atoms with E-state index in [0.717, 1.165) is 16.8 Å². The highest BCUT2D eigenvalue weighted by molar-refractivity contribution is 7.08. The smallest absolute Gasteiger partial charge is 0.315 e. The molecule has 1 aliphatic heterocycles. The molecule has 2 aromatic heterocycles. The number of amides is 3. The van der Waals surface area contributed by atoms with Crippen LogP contribution < -0.4 is 11.1 Å². The first kappa shape index (κ1) is 13.4. The van der Waals surface area contributed by atoms with Crippen molar-refractivity contribution in [1.29, 1.82) is 0 Å². The third-order valence-corrected chi connectivity index (χ3v) is 3.88. The lowest BCUT2D eigenvalue weighted by Crippen LogP contribution is -2.31. The van der Waals surface area contributed by atoms with E-state index in [1.54, 1.807) is 17.4 Å². The highest BCUT2D eigenvalue weighted by Crippen LogP contribution is 2.26. The Bertz CT molecular complexity index is 704. The number of nitrogens with one attached hydrogen (secondary N) is 2. The number of anilines is 1. The van der Waals surface area contributed by atoms with Gasteiger partial charge in [-0.25, -0.2) is 4.79 Å². The molecule has 8 heteroatoms. The lowest BCUT2D eigenvalue weighted by Gasteiger charge is -2.11. The van der Waals surface area contributed by atoms with Crippen LogP contribution in [0.1, 0.15) is 16.8 Å². The third kappa shape index (κ3) is 2.79.